The molecule has 0 aliphatic carbocycles. The standard InChI is InChI=1S/C12H17NO3/c1-10(13-15)7-8-11(14)9-16-12-5-3-2-4-6-12/h2-6,11,14-15H,7-9H2,1H3/b13-10+. The van der Waals surface area contributed by atoms with E-state index in [0.29, 0.717) is 18.6 Å². The van der Waals surface area contributed by atoms with Crippen LogP contribution in [0, 0.1) is 0 Å². The molecule has 4 heteroatoms. The molecule has 0 heterocycles. The number of ether oxygens (including phenoxy) is 1. The van der Waals surface area contributed by atoms with E-state index in [2.05, 4.69) is 5.16 Å². The minimum Gasteiger partial charge on any atom is -0.491 e. The Balaban J connectivity index is 2.23. The number of rotatable bonds is 6. The molecule has 1 rings (SSSR count). The summed E-state index contributed by atoms with van der Waals surface area (Å²) in [5.74, 6) is 0.745. The summed E-state index contributed by atoms with van der Waals surface area (Å²) in [4.78, 5) is 0. The van der Waals surface area contributed by atoms with Crippen LogP contribution >= 0.6 is 0 Å². The lowest BCUT2D eigenvalue weighted by Gasteiger charge is -2.11. The molecule has 0 aliphatic rings. The predicted octanol–water partition coefficient (Wildman–Crippen LogP) is 2.06. The fraction of sp³-hybridized carbons (Fsp3) is 0.417. The number of hydrogen-bond acceptors (Lipinski definition) is 4. The molecule has 0 amide bonds. The van der Waals surface area contributed by atoms with E-state index in [-0.39, 0.29) is 6.61 Å². The Morgan fingerprint density at radius 2 is 2.06 bits per heavy atom. The lowest BCUT2D eigenvalue weighted by Crippen LogP contribution is -2.18. The van der Waals surface area contributed by atoms with Crippen molar-refractivity contribution in [1.29, 1.82) is 0 Å². The zero-order valence-corrected chi connectivity index (χ0v) is 9.34. The Morgan fingerprint density at radius 1 is 1.38 bits per heavy atom. The van der Waals surface area contributed by atoms with Gasteiger partial charge in [-0.25, -0.2) is 0 Å². The molecule has 1 unspecified atom stereocenters. The minimum absolute atomic E-state index is 0.253. The molecule has 16 heavy (non-hydrogen) atoms. The average molecular weight is 223 g/mol. The molecule has 1 aromatic rings. The van der Waals surface area contributed by atoms with E-state index in [4.69, 9.17) is 9.94 Å². The summed E-state index contributed by atoms with van der Waals surface area (Å²) in [6.45, 7) is 1.97. The van der Waals surface area contributed by atoms with Crippen molar-refractivity contribution in [3.8, 4) is 5.75 Å². The highest BCUT2D eigenvalue weighted by Gasteiger charge is 2.06. The number of aliphatic hydroxyl groups is 1. The van der Waals surface area contributed by atoms with Crippen molar-refractivity contribution < 1.29 is 15.1 Å². The van der Waals surface area contributed by atoms with Crippen LogP contribution < -0.4 is 4.74 Å². The molecule has 0 radical (unpaired) electrons. The summed E-state index contributed by atoms with van der Waals surface area (Å²) in [6.07, 6.45) is 0.551. The number of hydrogen-bond donors (Lipinski definition) is 2. The van der Waals surface area contributed by atoms with Gasteiger partial charge in [0.1, 0.15) is 12.4 Å². The Hall–Kier alpha value is -1.55. The summed E-state index contributed by atoms with van der Waals surface area (Å²) in [6, 6.07) is 9.35. The third-order valence-corrected chi connectivity index (χ3v) is 2.20. The molecule has 0 fully saturated rings. The lowest BCUT2D eigenvalue weighted by molar-refractivity contribution is 0.102. The third kappa shape index (κ3) is 4.79. The number of aliphatic hydroxyl groups excluding tert-OH is 1. The fourth-order valence-electron chi connectivity index (χ4n) is 1.22. The summed E-state index contributed by atoms with van der Waals surface area (Å²) in [5.41, 5.74) is 0.610. The van der Waals surface area contributed by atoms with E-state index >= 15 is 0 Å². The summed E-state index contributed by atoms with van der Waals surface area (Å²) in [7, 11) is 0. The van der Waals surface area contributed by atoms with Gasteiger partial charge in [-0.2, -0.15) is 0 Å². The number of benzene rings is 1. The molecule has 0 aliphatic heterocycles. The van der Waals surface area contributed by atoms with Crippen LogP contribution in [0.25, 0.3) is 0 Å². The third-order valence-electron chi connectivity index (χ3n) is 2.20. The van der Waals surface area contributed by atoms with Crippen molar-refractivity contribution in [1.82, 2.24) is 0 Å². The van der Waals surface area contributed by atoms with Crippen LogP contribution in [0.5, 0.6) is 5.75 Å². The molecule has 1 atom stereocenters. The Kier molecular flexibility index (Phi) is 5.36. The van der Waals surface area contributed by atoms with Gasteiger partial charge < -0.3 is 15.1 Å². The van der Waals surface area contributed by atoms with E-state index in [1.165, 1.54) is 0 Å². The van der Waals surface area contributed by atoms with Gasteiger partial charge in [-0.15, -0.1) is 0 Å². The van der Waals surface area contributed by atoms with Crippen molar-refractivity contribution in [2.24, 2.45) is 5.16 Å². The molecular weight excluding hydrogens is 206 g/mol. The maximum Gasteiger partial charge on any atom is 0.119 e. The van der Waals surface area contributed by atoms with E-state index in [1.54, 1.807) is 6.92 Å². The SMILES string of the molecule is C/C(CCC(O)COc1ccccc1)=N\O. The molecule has 1 aromatic carbocycles. The fourth-order valence-corrected chi connectivity index (χ4v) is 1.22. The van der Waals surface area contributed by atoms with Gasteiger partial charge in [0.15, 0.2) is 0 Å². The molecular formula is C12H17NO3. The van der Waals surface area contributed by atoms with E-state index in [1.807, 2.05) is 30.3 Å². The highest BCUT2D eigenvalue weighted by Crippen LogP contribution is 2.09. The van der Waals surface area contributed by atoms with E-state index < -0.39 is 6.10 Å². The first kappa shape index (κ1) is 12.5. The van der Waals surface area contributed by atoms with Crippen molar-refractivity contribution in [3.05, 3.63) is 30.3 Å². The van der Waals surface area contributed by atoms with Crippen LogP contribution in [0.2, 0.25) is 0 Å². The molecule has 0 saturated heterocycles. The molecule has 0 bridgehead atoms. The highest BCUT2D eigenvalue weighted by molar-refractivity contribution is 5.81. The maximum atomic E-state index is 9.59. The molecule has 88 valence electrons. The van der Waals surface area contributed by atoms with E-state index in [0.717, 1.165) is 5.75 Å². The van der Waals surface area contributed by atoms with Crippen molar-refractivity contribution >= 4 is 5.71 Å². The first-order valence-electron chi connectivity index (χ1n) is 5.26. The predicted molar refractivity (Wildman–Crippen MR) is 62.1 cm³/mol. The smallest absolute Gasteiger partial charge is 0.119 e. The quantitative estimate of drug-likeness (QED) is 0.441. The topological polar surface area (TPSA) is 62.0 Å². The Morgan fingerprint density at radius 3 is 2.69 bits per heavy atom. The monoisotopic (exact) mass is 223 g/mol. The van der Waals surface area contributed by atoms with Gasteiger partial charge in [-0.3, -0.25) is 0 Å². The number of nitrogens with zero attached hydrogens (tertiary/aromatic N) is 1. The largest absolute Gasteiger partial charge is 0.491 e. The van der Waals surface area contributed by atoms with Gasteiger partial charge in [0.25, 0.3) is 0 Å². The summed E-state index contributed by atoms with van der Waals surface area (Å²) >= 11 is 0. The lowest BCUT2D eigenvalue weighted by atomic mass is 10.1. The normalized spacial score (nSPS) is 13.5. The summed E-state index contributed by atoms with van der Waals surface area (Å²) in [5, 5.41) is 21.1. The van der Waals surface area contributed by atoms with Gasteiger partial charge in [0, 0.05) is 0 Å². The number of oxime groups is 1. The molecule has 0 saturated carbocycles. The number of para-hydroxylation sites is 1. The zero-order chi connectivity index (χ0) is 11.8. The minimum atomic E-state index is -0.545. The van der Waals surface area contributed by atoms with Crippen molar-refractivity contribution in [3.63, 3.8) is 0 Å². The van der Waals surface area contributed by atoms with Gasteiger partial charge in [0.2, 0.25) is 0 Å². The van der Waals surface area contributed by atoms with Crippen LogP contribution in [0.3, 0.4) is 0 Å². The van der Waals surface area contributed by atoms with Crippen LogP contribution in [-0.4, -0.2) is 28.7 Å². The van der Waals surface area contributed by atoms with Crippen LogP contribution in [0.15, 0.2) is 35.5 Å². The Labute approximate surface area is 95.2 Å². The van der Waals surface area contributed by atoms with Gasteiger partial charge >= 0.3 is 0 Å². The van der Waals surface area contributed by atoms with Crippen LogP contribution in [0.1, 0.15) is 19.8 Å². The summed E-state index contributed by atoms with van der Waals surface area (Å²) < 4.78 is 5.38. The van der Waals surface area contributed by atoms with Crippen LogP contribution in [0.4, 0.5) is 0 Å². The second kappa shape index (κ2) is 6.85. The van der Waals surface area contributed by atoms with Gasteiger partial charge in [0.05, 0.1) is 11.8 Å². The van der Waals surface area contributed by atoms with Crippen LogP contribution in [-0.2, 0) is 0 Å². The van der Waals surface area contributed by atoms with E-state index in [9.17, 15) is 5.11 Å². The second-order valence-corrected chi connectivity index (χ2v) is 3.65. The average Bonchev–Trinajstić information content (AvgIpc) is 2.34. The first-order chi connectivity index (χ1) is 7.72. The van der Waals surface area contributed by atoms with Gasteiger partial charge in [-0.05, 0) is 31.9 Å². The van der Waals surface area contributed by atoms with Gasteiger partial charge in [-0.1, -0.05) is 23.4 Å². The highest BCUT2D eigenvalue weighted by atomic mass is 16.5. The molecule has 4 nitrogen and oxygen atoms in total. The zero-order valence-electron chi connectivity index (χ0n) is 9.34. The second-order valence-electron chi connectivity index (χ2n) is 3.65. The molecule has 0 aromatic heterocycles. The Bertz CT molecular complexity index is 324. The molecule has 2 N–H and O–H groups in total. The molecule has 0 spiro atoms. The van der Waals surface area contributed by atoms with Crippen molar-refractivity contribution in [2.75, 3.05) is 6.61 Å². The first-order valence-corrected chi connectivity index (χ1v) is 5.26. The maximum absolute atomic E-state index is 9.59. The van der Waals surface area contributed by atoms with Crippen molar-refractivity contribution in [2.45, 2.75) is 25.9 Å².